The van der Waals surface area contributed by atoms with Crippen LogP contribution in [0, 0.1) is 20.8 Å². The molecule has 3 aromatic rings. The highest BCUT2D eigenvalue weighted by molar-refractivity contribution is 5.75. The van der Waals surface area contributed by atoms with Gasteiger partial charge in [0.2, 0.25) is 5.91 Å². The van der Waals surface area contributed by atoms with E-state index in [0.717, 1.165) is 41.2 Å². The standard InChI is InChI=1S/C24H29N3O2/c1-18-10-9-13-22(16-18)29-15-8-7-14-24(28)25-17-23-19(2)26-27(20(23)3)21-11-5-4-6-12-21/h4-6,9-13,16H,7-8,14-15,17H2,1-3H3,(H,25,28). The van der Waals surface area contributed by atoms with Gasteiger partial charge in [0.15, 0.2) is 0 Å². The Morgan fingerprint density at radius 1 is 1.03 bits per heavy atom. The van der Waals surface area contributed by atoms with Crippen LogP contribution in [0.4, 0.5) is 0 Å². The molecule has 1 aromatic heterocycles. The summed E-state index contributed by atoms with van der Waals surface area (Å²) in [5.41, 5.74) is 5.28. The zero-order valence-corrected chi connectivity index (χ0v) is 17.4. The molecule has 0 unspecified atom stereocenters. The molecule has 1 N–H and O–H groups in total. The van der Waals surface area contributed by atoms with Gasteiger partial charge >= 0.3 is 0 Å². The summed E-state index contributed by atoms with van der Waals surface area (Å²) in [5.74, 6) is 0.947. The number of rotatable bonds is 9. The quantitative estimate of drug-likeness (QED) is 0.540. The number of nitrogens with one attached hydrogen (secondary N) is 1. The molecule has 0 aliphatic carbocycles. The summed E-state index contributed by atoms with van der Waals surface area (Å²) in [6.07, 6.45) is 2.16. The second-order valence-electron chi connectivity index (χ2n) is 7.30. The Bertz CT molecular complexity index is 948. The summed E-state index contributed by atoms with van der Waals surface area (Å²) in [6.45, 7) is 7.19. The number of aromatic nitrogens is 2. The lowest BCUT2D eigenvalue weighted by Crippen LogP contribution is -2.23. The SMILES string of the molecule is Cc1cccc(OCCCCC(=O)NCc2c(C)nn(-c3ccccc3)c2C)c1. The number of nitrogens with zero attached hydrogens (tertiary/aromatic N) is 2. The molecule has 0 aliphatic heterocycles. The Kier molecular flexibility index (Phi) is 7.06. The molecule has 0 aliphatic rings. The zero-order valence-electron chi connectivity index (χ0n) is 17.4. The van der Waals surface area contributed by atoms with Crippen molar-refractivity contribution in [3.8, 4) is 11.4 Å². The smallest absolute Gasteiger partial charge is 0.220 e. The van der Waals surface area contributed by atoms with Crippen LogP contribution in [0.2, 0.25) is 0 Å². The Hall–Kier alpha value is -3.08. The van der Waals surface area contributed by atoms with Crippen LogP contribution in [0.25, 0.3) is 5.69 Å². The number of para-hydroxylation sites is 1. The summed E-state index contributed by atoms with van der Waals surface area (Å²) in [7, 11) is 0. The minimum Gasteiger partial charge on any atom is -0.494 e. The maximum Gasteiger partial charge on any atom is 0.220 e. The Morgan fingerprint density at radius 2 is 1.83 bits per heavy atom. The summed E-state index contributed by atoms with van der Waals surface area (Å²) >= 11 is 0. The number of aryl methyl sites for hydroxylation is 2. The fourth-order valence-corrected chi connectivity index (χ4v) is 3.31. The van der Waals surface area contributed by atoms with Crippen LogP contribution in [0.1, 0.15) is 41.8 Å². The monoisotopic (exact) mass is 391 g/mol. The fraction of sp³-hybridized carbons (Fsp3) is 0.333. The second kappa shape index (κ2) is 9.92. The van der Waals surface area contributed by atoms with Crippen LogP contribution < -0.4 is 10.1 Å². The summed E-state index contributed by atoms with van der Waals surface area (Å²) in [4.78, 5) is 12.2. The molecule has 5 nitrogen and oxygen atoms in total. The highest BCUT2D eigenvalue weighted by Crippen LogP contribution is 2.18. The molecular weight excluding hydrogens is 362 g/mol. The van der Waals surface area contributed by atoms with E-state index in [0.29, 0.717) is 19.6 Å². The third-order valence-corrected chi connectivity index (χ3v) is 4.96. The Balaban J connectivity index is 1.42. The van der Waals surface area contributed by atoms with Crippen molar-refractivity contribution in [2.24, 2.45) is 0 Å². The van der Waals surface area contributed by atoms with E-state index in [9.17, 15) is 4.79 Å². The Labute approximate surface area is 172 Å². The van der Waals surface area contributed by atoms with Gasteiger partial charge in [0.1, 0.15) is 5.75 Å². The first-order valence-corrected chi connectivity index (χ1v) is 10.1. The van der Waals surface area contributed by atoms with Gasteiger partial charge in [0.25, 0.3) is 0 Å². The van der Waals surface area contributed by atoms with E-state index in [2.05, 4.69) is 10.4 Å². The van der Waals surface area contributed by atoms with Crippen LogP contribution >= 0.6 is 0 Å². The van der Waals surface area contributed by atoms with Crippen LogP contribution in [-0.2, 0) is 11.3 Å². The molecular formula is C24H29N3O2. The van der Waals surface area contributed by atoms with Gasteiger partial charge in [0.05, 0.1) is 18.0 Å². The summed E-state index contributed by atoms with van der Waals surface area (Å²) in [5, 5.41) is 7.66. The number of carbonyl (C=O) groups is 1. The highest BCUT2D eigenvalue weighted by atomic mass is 16.5. The van der Waals surface area contributed by atoms with Crippen molar-refractivity contribution in [2.45, 2.75) is 46.6 Å². The zero-order chi connectivity index (χ0) is 20.6. The first kappa shape index (κ1) is 20.6. The van der Waals surface area contributed by atoms with Crippen molar-refractivity contribution in [3.05, 3.63) is 77.1 Å². The summed E-state index contributed by atoms with van der Waals surface area (Å²) in [6, 6.07) is 18.1. The van der Waals surface area contributed by atoms with Gasteiger partial charge < -0.3 is 10.1 Å². The van der Waals surface area contributed by atoms with Gasteiger partial charge in [-0.2, -0.15) is 5.10 Å². The van der Waals surface area contributed by atoms with Crippen LogP contribution in [-0.4, -0.2) is 22.3 Å². The van der Waals surface area contributed by atoms with Crippen molar-refractivity contribution in [1.29, 1.82) is 0 Å². The molecule has 0 saturated heterocycles. The number of carbonyl (C=O) groups excluding carboxylic acids is 1. The van der Waals surface area contributed by atoms with E-state index in [1.165, 1.54) is 5.56 Å². The third-order valence-electron chi connectivity index (χ3n) is 4.96. The predicted molar refractivity (Wildman–Crippen MR) is 115 cm³/mol. The predicted octanol–water partition coefficient (Wildman–Crippen LogP) is 4.66. The molecule has 29 heavy (non-hydrogen) atoms. The second-order valence-corrected chi connectivity index (χ2v) is 7.30. The highest BCUT2D eigenvalue weighted by Gasteiger charge is 2.13. The molecule has 1 amide bonds. The molecule has 2 aromatic carbocycles. The molecule has 0 atom stereocenters. The van der Waals surface area contributed by atoms with Gasteiger partial charge in [0, 0.05) is 24.2 Å². The number of ether oxygens (including phenoxy) is 1. The normalized spacial score (nSPS) is 10.7. The van der Waals surface area contributed by atoms with Crippen LogP contribution in [0.3, 0.4) is 0 Å². The fourth-order valence-electron chi connectivity index (χ4n) is 3.31. The molecule has 1 heterocycles. The van der Waals surface area contributed by atoms with E-state index in [-0.39, 0.29) is 5.91 Å². The van der Waals surface area contributed by atoms with E-state index >= 15 is 0 Å². The van der Waals surface area contributed by atoms with Crippen molar-refractivity contribution in [1.82, 2.24) is 15.1 Å². The maximum absolute atomic E-state index is 12.2. The molecule has 152 valence electrons. The molecule has 0 bridgehead atoms. The van der Waals surface area contributed by atoms with Gasteiger partial charge in [-0.3, -0.25) is 4.79 Å². The molecule has 3 rings (SSSR count). The van der Waals surface area contributed by atoms with E-state index in [1.54, 1.807) is 0 Å². The molecule has 0 fully saturated rings. The molecule has 5 heteroatoms. The number of hydrogen-bond donors (Lipinski definition) is 1. The first-order valence-electron chi connectivity index (χ1n) is 10.1. The lowest BCUT2D eigenvalue weighted by atomic mass is 10.2. The van der Waals surface area contributed by atoms with Crippen molar-refractivity contribution < 1.29 is 9.53 Å². The molecule has 0 spiro atoms. The van der Waals surface area contributed by atoms with Gasteiger partial charge in [-0.25, -0.2) is 4.68 Å². The van der Waals surface area contributed by atoms with E-state index in [1.807, 2.05) is 80.1 Å². The number of unbranched alkanes of at least 4 members (excludes halogenated alkanes) is 1. The lowest BCUT2D eigenvalue weighted by molar-refractivity contribution is -0.121. The van der Waals surface area contributed by atoms with Gasteiger partial charge in [-0.05, 0) is 63.4 Å². The number of amides is 1. The average Bonchev–Trinajstić information content (AvgIpc) is 3.00. The van der Waals surface area contributed by atoms with Crippen molar-refractivity contribution in [3.63, 3.8) is 0 Å². The topological polar surface area (TPSA) is 56.1 Å². The Morgan fingerprint density at radius 3 is 2.59 bits per heavy atom. The number of benzene rings is 2. The molecule has 0 radical (unpaired) electrons. The largest absolute Gasteiger partial charge is 0.494 e. The average molecular weight is 392 g/mol. The van der Waals surface area contributed by atoms with Crippen molar-refractivity contribution >= 4 is 5.91 Å². The van der Waals surface area contributed by atoms with Crippen LogP contribution in [0.5, 0.6) is 5.75 Å². The minimum atomic E-state index is 0.0619. The number of hydrogen-bond acceptors (Lipinski definition) is 3. The third kappa shape index (κ3) is 5.70. The van der Waals surface area contributed by atoms with Gasteiger partial charge in [-0.1, -0.05) is 30.3 Å². The minimum absolute atomic E-state index is 0.0619. The summed E-state index contributed by atoms with van der Waals surface area (Å²) < 4.78 is 7.66. The van der Waals surface area contributed by atoms with Crippen LogP contribution in [0.15, 0.2) is 54.6 Å². The first-order chi connectivity index (χ1) is 14.0. The van der Waals surface area contributed by atoms with E-state index < -0.39 is 0 Å². The van der Waals surface area contributed by atoms with E-state index in [4.69, 9.17) is 4.74 Å². The van der Waals surface area contributed by atoms with Crippen molar-refractivity contribution in [2.75, 3.05) is 6.61 Å². The van der Waals surface area contributed by atoms with Gasteiger partial charge in [-0.15, -0.1) is 0 Å². The molecule has 0 saturated carbocycles. The maximum atomic E-state index is 12.2. The lowest BCUT2D eigenvalue weighted by Gasteiger charge is -2.08.